The molecule has 0 saturated carbocycles. The van der Waals surface area contributed by atoms with E-state index in [0.717, 1.165) is 5.56 Å². The van der Waals surface area contributed by atoms with Crippen molar-refractivity contribution in [3.05, 3.63) is 34.9 Å². The van der Waals surface area contributed by atoms with Crippen molar-refractivity contribution < 1.29 is 14.3 Å². The minimum Gasteiger partial charge on any atom is -0.462 e. The van der Waals surface area contributed by atoms with Gasteiger partial charge in [0, 0.05) is 17.5 Å². The van der Waals surface area contributed by atoms with Crippen LogP contribution in [0.15, 0.2) is 18.2 Å². The van der Waals surface area contributed by atoms with Crippen LogP contribution >= 0.6 is 0 Å². The first-order chi connectivity index (χ1) is 8.45. The molecule has 18 heavy (non-hydrogen) atoms. The summed E-state index contributed by atoms with van der Waals surface area (Å²) < 4.78 is 4.97. The Balaban J connectivity index is 2.47. The molecule has 1 aromatic carbocycles. The molecule has 4 heteroatoms. The monoisotopic (exact) mass is 247 g/mol. The number of carbonyl (C=O) groups is 2. The maximum absolute atomic E-state index is 11.8. The zero-order valence-corrected chi connectivity index (χ0v) is 10.9. The lowest BCUT2D eigenvalue weighted by Gasteiger charge is -2.32. The van der Waals surface area contributed by atoms with Gasteiger partial charge in [-0.25, -0.2) is 4.79 Å². The Morgan fingerprint density at radius 2 is 2.17 bits per heavy atom. The van der Waals surface area contributed by atoms with Crippen molar-refractivity contribution in [2.75, 3.05) is 13.2 Å². The van der Waals surface area contributed by atoms with Gasteiger partial charge in [-0.2, -0.15) is 0 Å². The van der Waals surface area contributed by atoms with Crippen LogP contribution in [0.2, 0.25) is 0 Å². The number of benzene rings is 1. The van der Waals surface area contributed by atoms with Crippen LogP contribution in [0.5, 0.6) is 0 Å². The molecular formula is C14H17NO3. The zero-order valence-electron chi connectivity index (χ0n) is 10.9. The SMILES string of the molecule is CCOC(=O)c1ccc2c(c1)C(C)(C)CNC2=O. The van der Waals surface area contributed by atoms with Crippen molar-refractivity contribution in [2.24, 2.45) is 0 Å². The molecule has 0 radical (unpaired) electrons. The van der Waals surface area contributed by atoms with E-state index < -0.39 is 0 Å². The first-order valence-corrected chi connectivity index (χ1v) is 6.05. The molecule has 0 saturated heterocycles. The van der Waals surface area contributed by atoms with Crippen LogP contribution in [0.1, 0.15) is 47.1 Å². The molecule has 0 spiro atoms. The molecule has 1 aromatic rings. The van der Waals surface area contributed by atoms with Crippen molar-refractivity contribution >= 4 is 11.9 Å². The van der Waals surface area contributed by atoms with Crippen molar-refractivity contribution in [3.8, 4) is 0 Å². The van der Waals surface area contributed by atoms with Crippen LogP contribution in [0.4, 0.5) is 0 Å². The summed E-state index contributed by atoms with van der Waals surface area (Å²) in [5.41, 5.74) is 1.86. The second-order valence-electron chi connectivity index (χ2n) is 5.05. The molecule has 1 aliphatic heterocycles. The molecule has 0 aromatic heterocycles. The molecule has 1 N–H and O–H groups in total. The predicted molar refractivity (Wildman–Crippen MR) is 67.8 cm³/mol. The number of hydrogen-bond acceptors (Lipinski definition) is 3. The van der Waals surface area contributed by atoms with E-state index in [0.29, 0.717) is 24.3 Å². The third-order valence-electron chi connectivity index (χ3n) is 3.20. The topological polar surface area (TPSA) is 55.4 Å². The molecule has 0 aliphatic carbocycles. The molecule has 0 unspecified atom stereocenters. The Morgan fingerprint density at radius 1 is 1.44 bits per heavy atom. The molecular weight excluding hydrogens is 230 g/mol. The van der Waals surface area contributed by atoms with Crippen molar-refractivity contribution in [3.63, 3.8) is 0 Å². The summed E-state index contributed by atoms with van der Waals surface area (Å²) in [6.45, 7) is 6.78. The number of fused-ring (bicyclic) bond motifs is 1. The van der Waals surface area contributed by atoms with Crippen LogP contribution in [0.3, 0.4) is 0 Å². The lowest BCUT2D eigenvalue weighted by Crippen LogP contribution is -2.43. The van der Waals surface area contributed by atoms with Crippen molar-refractivity contribution in [1.82, 2.24) is 5.32 Å². The van der Waals surface area contributed by atoms with E-state index in [9.17, 15) is 9.59 Å². The van der Waals surface area contributed by atoms with Crippen molar-refractivity contribution in [1.29, 1.82) is 0 Å². The molecule has 1 heterocycles. The zero-order chi connectivity index (χ0) is 13.3. The smallest absolute Gasteiger partial charge is 0.338 e. The van der Waals surface area contributed by atoms with Gasteiger partial charge in [-0.3, -0.25) is 4.79 Å². The predicted octanol–water partition coefficient (Wildman–Crippen LogP) is 1.88. The molecule has 0 atom stereocenters. The third-order valence-corrected chi connectivity index (χ3v) is 3.20. The lowest BCUT2D eigenvalue weighted by atomic mass is 9.78. The van der Waals surface area contributed by atoms with Crippen molar-refractivity contribution in [2.45, 2.75) is 26.2 Å². The van der Waals surface area contributed by atoms with Gasteiger partial charge in [-0.15, -0.1) is 0 Å². The van der Waals surface area contributed by atoms with Gasteiger partial charge >= 0.3 is 5.97 Å². The largest absolute Gasteiger partial charge is 0.462 e. The van der Waals surface area contributed by atoms with Crippen LogP contribution in [0, 0.1) is 0 Å². The Hall–Kier alpha value is -1.84. The normalized spacial score (nSPS) is 16.7. The summed E-state index contributed by atoms with van der Waals surface area (Å²) in [7, 11) is 0. The highest BCUT2D eigenvalue weighted by Crippen LogP contribution is 2.30. The van der Waals surface area contributed by atoms with Gasteiger partial charge in [0.15, 0.2) is 0 Å². The highest BCUT2D eigenvalue weighted by molar-refractivity contribution is 5.99. The highest BCUT2D eigenvalue weighted by atomic mass is 16.5. The van der Waals surface area contributed by atoms with Gasteiger partial charge in [-0.1, -0.05) is 13.8 Å². The van der Waals surface area contributed by atoms with Crippen LogP contribution in [-0.4, -0.2) is 25.0 Å². The molecule has 0 bridgehead atoms. The van der Waals surface area contributed by atoms with Gasteiger partial charge in [0.05, 0.1) is 12.2 Å². The van der Waals surface area contributed by atoms with Gasteiger partial charge < -0.3 is 10.1 Å². The summed E-state index contributed by atoms with van der Waals surface area (Å²) >= 11 is 0. The quantitative estimate of drug-likeness (QED) is 0.812. The molecule has 1 aliphatic rings. The molecule has 2 rings (SSSR count). The van der Waals surface area contributed by atoms with E-state index in [4.69, 9.17) is 4.74 Å². The number of ether oxygens (including phenoxy) is 1. The lowest BCUT2D eigenvalue weighted by molar-refractivity contribution is 0.0525. The van der Waals surface area contributed by atoms with Crippen LogP contribution in [-0.2, 0) is 10.2 Å². The Morgan fingerprint density at radius 3 is 2.83 bits per heavy atom. The standard InChI is InChI=1S/C14H17NO3/c1-4-18-13(17)9-5-6-10-11(7-9)14(2,3)8-15-12(10)16/h5-7H,4,8H2,1-3H3,(H,15,16). The maximum atomic E-state index is 11.8. The summed E-state index contributed by atoms with van der Waals surface area (Å²) in [5.74, 6) is -0.429. The number of amides is 1. The molecule has 1 amide bonds. The first-order valence-electron chi connectivity index (χ1n) is 6.05. The Labute approximate surface area is 106 Å². The average molecular weight is 247 g/mol. The highest BCUT2D eigenvalue weighted by Gasteiger charge is 2.32. The summed E-state index contributed by atoms with van der Waals surface area (Å²) in [6, 6.07) is 5.10. The fourth-order valence-corrected chi connectivity index (χ4v) is 2.14. The van der Waals surface area contributed by atoms with Crippen LogP contribution in [0.25, 0.3) is 0 Å². The molecule has 0 fully saturated rings. The average Bonchev–Trinajstić information content (AvgIpc) is 2.34. The molecule has 4 nitrogen and oxygen atoms in total. The summed E-state index contributed by atoms with van der Waals surface area (Å²) in [4.78, 5) is 23.5. The van der Waals surface area contributed by atoms with Gasteiger partial charge in [0.25, 0.3) is 5.91 Å². The summed E-state index contributed by atoms with van der Waals surface area (Å²) in [6.07, 6.45) is 0. The number of rotatable bonds is 2. The van der Waals surface area contributed by atoms with E-state index in [1.165, 1.54) is 0 Å². The minimum atomic E-state index is -0.345. The van der Waals surface area contributed by atoms with E-state index in [2.05, 4.69) is 5.32 Å². The van der Waals surface area contributed by atoms with E-state index in [1.807, 2.05) is 13.8 Å². The second-order valence-corrected chi connectivity index (χ2v) is 5.05. The number of nitrogens with one attached hydrogen (secondary N) is 1. The fraction of sp³-hybridized carbons (Fsp3) is 0.429. The fourth-order valence-electron chi connectivity index (χ4n) is 2.14. The van der Waals surface area contributed by atoms with Gasteiger partial charge in [0.1, 0.15) is 0 Å². The van der Waals surface area contributed by atoms with E-state index in [1.54, 1.807) is 25.1 Å². The van der Waals surface area contributed by atoms with E-state index >= 15 is 0 Å². The minimum absolute atomic E-state index is 0.0836. The van der Waals surface area contributed by atoms with Gasteiger partial charge in [-0.05, 0) is 30.7 Å². The number of carbonyl (C=O) groups excluding carboxylic acids is 2. The Kier molecular flexibility index (Phi) is 3.11. The molecule has 96 valence electrons. The maximum Gasteiger partial charge on any atom is 0.338 e. The van der Waals surface area contributed by atoms with Gasteiger partial charge in [0.2, 0.25) is 0 Å². The number of hydrogen-bond donors (Lipinski definition) is 1. The Bertz CT molecular complexity index is 506. The second kappa shape index (κ2) is 4.44. The first kappa shape index (κ1) is 12.6. The van der Waals surface area contributed by atoms with Crippen LogP contribution < -0.4 is 5.32 Å². The summed E-state index contributed by atoms with van der Waals surface area (Å²) in [5, 5.41) is 2.85. The third kappa shape index (κ3) is 2.10. The number of esters is 1. The van der Waals surface area contributed by atoms with E-state index in [-0.39, 0.29) is 17.3 Å².